The summed E-state index contributed by atoms with van der Waals surface area (Å²) in [6, 6.07) is 8.31. The number of fused-ring (bicyclic) bond motifs is 1. The van der Waals surface area contributed by atoms with E-state index in [-0.39, 0.29) is 35.5 Å². The molecule has 2 unspecified atom stereocenters. The molecular formula is C33H47N3O4S. The van der Waals surface area contributed by atoms with Gasteiger partial charge in [0.15, 0.2) is 0 Å². The number of unbranched alkanes of at least 4 members (excludes halogenated alkanes) is 2. The SMILES string of the molecule is C=CCN(CCCCC)C(=O)C1N([C@@H](CO)[C@@H](C)CC)C(=O)[C@@H]2[C@@H](C(=O)N(CC=C)c3ccccc3)[C@H]3CCC12S3. The summed E-state index contributed by atoms with van der Waals surface area (Å²) < 4.78 is -0.694. The van der Waals surface area contributed by atoms with E-state index in [2.05, 4.69) is 20.1 Å². The molecule has 0 radical (unpaired) electrons. The Labute approximate surface area is 250 Å². The fourth-order valence-electron chi connectivity index (χ4n) is 7.24. The second-order valence-corrected chi connectivity index (χ2v) is 13.4. The van der Waals surface area contributed by atoms with Gasteiger partial charge in [-0.15, -0.1) is 24.9 Å². The number of para-hydroxylation sites is 1. The summed E-state index contributed by atoms with van der Waals surface area (Å²) in [5, 5.41) is 10.6. The largest absolute Gasteiger partial charge is 0.394 e. The molecule has 1 aromatic rings. The van der Waals surface area contributed by atoms with Crippen LogP contribution in [0, 0.1) is 17.8 Å². The van der Waals surface area contributed by atoms with Crippen LogP contribution < -0.4 is 4.90 Å². The third kappa shape index (κ3) is 5.62. The van der Waals surface area contributed by atoms with E-state index in [1.165, 1.54) is 0 Å². The number of carbonyl (C=O) groups is 3. The Bertz CT molecular complexity index is 1110. The van der Waals surface area contributed by atoms with E-state index in [4.69, 9.17) is 0 Å². The van der Waals surface area contributed by atoms with E-state index in [0.29, 0.717) is 26.1 Å². The van der Waals surface area contributed by atoms with Crippen LogP contribution in [0.2, 0.25) is 0 Å². The van der Waals surface area contributed by atoms with Crippen LogP contribution in [-0.2, 0) is 14.4 Å². The van der Waals surface area contributed by atoms with Crippen LogP contribution in [0.4, 0.5) is 5.69 Å². The molecule has 1 N–H and O–H groups in total. The van der Waals surface area contributed by atoms with Crippen LogP contribution in [0.15, 0.2) is 55.6 Å². The molecule has 4 rings (SSSR count). The average molecular weight is 582 g/mol. The zero-order chi connectivity index (χ0) is 29.7. The first-order valence-corrected chi connectivity index (χ1v) is 16.2. The van der Waals surface area contributed by atoms with Gasteiger partial charge >= 0.3 is 0 Å². The molecule has 3 amide bonds. The van der Waals surface area contributed by atoms with Crippen molar-refractivity contribution in [2.45, 2.75) is 81.4 Å². The van der Waals surface area contributed by atoms with Gasteiger partial charge in [-0.2, -0.15) is 0 Å². The van der Waals surface area contributed by atoms with Crippen LogP contribution in [0.3, 0.4) is 0 Å². The molecule has 0 aromatic heterocycles. The van der Waals surface area contributed by atoms with Crippen LogP contribution in [0.1, 0.15) is 59.3 Å². The monoisotopic (exact) mass is 581 g/mol. The number of likely N-dealkylation sites (tertiary alicyclic amines) is 1. The van der Waals surface area contributed by atoms with Crippen molar-refractivity contribution >= 4 is 35.2 Å². The van der Waals surface area contributed by atoms with E-state index >= 15 is 0 Å². The zero-order valence-electron chi connectivity index (χ0n) is 24.9. The molecule has 224 valence electrons. The van der Waals surface area contributed by atoms with Gasteiger partial charge in [-0.05, 0) is 37.3 Å². The van der Waals surface area contributed by atoms with Gasteiger partial charge in [0, 0.05) is 30.6 Å². The highest BCUT2D eigenvalue weighted by Gasteiger charge is 2.74. The predicted molar refractivity (Wildman–Crippen MR) is 167 cm³/mol. The van der Waals surface area contributed by atoms with Crippen LogP contribution >= 0.6 is 11.8 Å². The molecule has 3 aliphatic rings. The second-order valence-electron chi connectivity index (χ2n) is 11.8. The minimum absolute atomic E-state index is 0.000330. The lowest BCUT2D eigenvalue weighted by atomic mass is 9.70. The Morgan fingerprint density at radius 3 is 2.46 bits per heavy atom. The Balaban J connectivity index is 1.78. The molecule has 0 saturated carbocycles. The molecule has 7 atom stereocenters. The van der Waals surface area contributed by atoms with Crippen molar-refractivity contribution in [3.05, 3.63) is 55.6 Å². The highest BCUT2D eigenvalue weighted by atomic mass is 32.2. The van der Waals surface area contributed by atoms with Crippen molar-refractivity contribution in [1.82, 2.24) is 9.80 Å². The molecule has 41 heavy (non-hydrogen) atoms. The van der Waals surface area contributed by atoms with Gasteiger partial charge in [-0.3, -0.25) is 14.4 Å². The zero-order valence-corrected chi connectivity index (χ0v) is 25.7. The first-order chi connectivity index (χ1) is 19.8. The molecule has 3 saturated heterocycles. The van der Waals surface area contributed by atoms with Gasteiger partial charge < -0.3 is 19.8 Å². The number of hydrogen-bond donors (Lipinski definition) is 1. The number of carbonyl (C=O) groups excluding carboxylic acids is 3. The number of thioether (sulfide) groups is 1. The number of benzene rings is 1. The molecule has 1 spiro atoms. The van der Waals surface area contributed by atoms with Crippen molar-refractivity contribution in [3.63, 3.8) is 0 Å². The van der Waals surface area contributed by atoms with Gasteiger partial charge in [-0.1, -0.05) is 70.4 Å². The molecule has 3 heterocycles. The summed E-state index contributed by atoms with van der Waals surface area (Å²) in [6.45, 7) is 15.1. The lowest BCUT2D eigenvalue weighted by Crippen LogP contribution is -2.58. The molecule has 7 nitrogen and oxygen atoms in total. The number of hydrogen-bond acceptors (Lipinski definition) is 5. The minimum atomic E-state index is -0.717. The van der Waals surface area contributed by atoms with Crippen molar-refractivity contribution < 1.29 is 19.5 Å². The summed E-state index contributed by atoms with van der Waals surface area (Å²) in [6.07, 6.45) is 8.65. The van der Waals surface area contributed by atoms with E-state index in [1.54, 1.807) is 33.7 Å². The summed E-state index contributed by atoms with van der Waals surface area (Å²) in [4.78, 5) is 48.8. The first kappa shape index (κ1) is 31.4. The summed E-state index contributed by atoms with van der Waals surface area (Å²) in [5.74, 6) is -1.47. The highest BCUT2D eigenvalue weighted by molar-refractivity contribution is 8.02. The van der Waals surface area contributed by atoms with Gasteiger partial charge in [0.1, 0.15) is 6.04 Å². The standard InChI is InChI=1S/C33H47N3O4S/c1-6-10-14-21-34(19-7-2)32(40)29-33-18-17-26(41-33)27(28(33)31(39)36(29)25(22-37)23(5)9-4)30(38)35(20-8-3)24-15-12-11-13-16-24/h7-8,11-13,15-16,23,25-29,37H,2-3,6,9-10,14,17-22H2,1,4-5H3/t23-,25-,26+,27-,28-,29?,33?/m0/s1. The van der Waals surface area contributed by atoms with Crippen LogP contribution in [0.5, 0.6) is 0 Å². The summed E-state index contributed by atoms with van der Waals surface area (Å²) >= 11 is 1.68. The maximum absolute atomic E-state index is 14.6. The summed E-state index contributed by atoms with van der Waals surface area (Å²) in [7, 11) is 0. The molecule has 2 bridgehead atoms. The molecule has 1 aromatic carbocycles. The Kier molecular flexibility index (Phi) is 10.4. The average Bonchev–Trinajstić information content (AvgIpc) is 3.63. The quantitative estimate of drug-likeness (QED) is 0.235. The fourth-order valence-corrected chi connectivity index (χ4v) is 9.43. The van der Waals surface area contributed by atoms with E-state index < -0.39 is 28.7 Å². The topological polar surface area (TPSA) is 81.2 Å². The normalized spacial score (nSPS) is 27.8. The fraction of sp³-hybridized carbons (Fsp3) is 0.606. The van der Waals surface area contributed by atoms with Crippen molar-refractivity contribution in [3.8, 4) is 0 Å². The Hall–Kier alpha value is -2.58. The van der Waals surface area contributed by atoms with E-state index in [9.17, 15) is 19.5 Å². The smallest absolute Gasteiger partial charge is 0.247 e. The van der Waals surface area contributed by atoms with Gasteiger partial charge in [0.05, 0.1) is 29.2 Å². The van der Waals surface area contributed by atoms with Crippen molar-refractivity contribution in [2.24, 2.45) is 17.8 Å². The molecule has 8 heteroatoms. The number of rotatable bonds is 15. The number of aliphatic hydroxyl groups is 1. The third-order valence-electron chi connectivity index (χ3n) is 9.44. The number of nitrogens with zero attached hydrogens (tertiary/aromatic N) is 3. The molecule has 0 aliphatic carbocycles. The highest BCUT2D eigenvalue weighted by Crippen LogP contribution is 2.67. The maximum atomic E-state index is 14.6. The maximum Gasteiger partial charge on any atom is 0.247 e. The molecule has 3 aliphatic heterocycles. The van der Waals surface area contributed by atoms with Gasteiger partial charge in [0.2, 0.25) is 17.7 Å². The number of amides is 3. The van der Waals surface area contributed by atoms with Crippen LogP contribution in [0.25, 0.3) is 0 Å². The lowest BCUT2D eigenvalue weighted by molar-refractivity contribution is -0.146. The van der Waals surface area contributed by atoms with Gasteiger partial charge in [-0.25, -0.2) is 0 Å². The minimum Gasteiger partial charge on any atom is -0.394 e. The summed E-state index contributed by atoms with van der Waals surface area (Å²) in [5.41, 5.74) is 0.773. The Morgan fingerprint density at radius 2 is 1.85 bits per heavy atom. The lowest BCUT2D eigenvalue weighted by Gasteiger charge is -2.41. The Morgan fingerprint density at radius 1 is 1.15 bits per heavy atom. The number of anilines is 1. The predicted octanol–water partition coefficient (Wildman–Crippen LogP) is 4.91. The van der Waals surface area contributed by atoms with Crippen molar-refractivity contribution in [1.29, 1.82) is 0 Å². The van der Waals surface area contributed by atoms with E-state index in [1.807, 2.05) is 49.1 Å². The van der Waals surface area contributed by atoms with Gasteiger partial charge in [0.25, 0.3) is 0 Å². The van der Waals surface area contributed by atoms with Crippen LogP contribution in [-0.4, -0.2) is 80.9 Å². The van der Waals surface area contributed by atoms with E-state index in [0.717, 1.165) is 37.8 Å². The molecule has 3 fully saturated rings. The number of aliphatic hydroxyl groups excluding tert-OH is 1. The van der Waals surface area contributed by atoms with Crippen molar-refractivity contribution in [2.75, 3.05) is 31.1 Å². The second kappa shape index (κ2) is 13.6. The third-order valence-corrected chi connectivity index (χ3v) is 11.4. The molecular weight excluding hydrogens is 534 g/mol. The first-order valence-electron chi connectivity index (χ1n) is 15.3.